The Labute approximate surface area is 86.7 Å². The number of nitrogens with one attached hydrogen (secondary N) is 1. The summed E-state index contributed by atoms with van der Waals surface area (Å²) in [6.45, 7) is 0. The molecule has 0 atom stereocenters. The summed E-state index contributed by atoms with van der Waals surface area (Å²) in [7, 11) is 1.36. The third-order valence-corrected chi connectivity index (χ3v) is 1.89. The topological polar surface area (TPSA) is 38.3 Å². The van der Waals surface area contributed by atoms with Crippen molar-refractivity contribution in [1.82, 2.24) is 0 Å². The molecular formula is C9H10FNO2S. The Morgan fingerprint density at radius 2 is 2.36 bits per heavy atom. The minimum absolute atomic E-state index is 0.0106. The zero-order chi connectivity index (χ0) is 10.6. The van der Waals surface area contributed by atoms with Crippen molar-refractivity contribution in [2.45, 2.75) is 0 Å². The highest BCUT2D eigenvalue weighted by molar-refractivity contribution is 7.81. The van der Waals surface area contributed by atoms with Crippen LogP contribution in [0.4, 0.5) is 10.1 Å². The van der Waals surface area contributed by atoms with Crippen LogP contribution in [0.15, 0.2) is 18.2 Å². The summed E-state index contributed by atoms with van der Waals surface area (Å²) in [6.07, 6.45) is 0. The molecule has 5 heteroatoms. The molecule has 0 saturated carbocycles. The Bertz CT molecular complexity index is 344. The molecule has 1 aromatic carbocycles. The second kappa shape index (κ2) is 4.85. The van der Waals surface area contributed by atoms with Crippen LogP contribution in [0.5, 0.6) is 5.75 Å². The van der Waals surface area contributed by atoms with Crippen LogP contribution in [-0.2, 0) is 4.79 Å². The predicted molar refractivity (Wildman–Crippen MR) is 55.4 cm³/mol. The van der Waals surface area contributed by atoms with Gasteiger partial charge in [0.25, 0.3) is 0 Å². The molecule has 0 spiro atoms. The van der Waals surface area contributed by atoms with Crippen LogP contribution in [0.1, 0.15) is 0 Å². The molecule has 0 aliphatic rings. The van der Waals surface area contributed by atoms with Crippen LogP contribution in [0, 0.1) is 5.82 Å². The summed E-state index contributed by atoms with van der Waals surface area (Å²) >= 11 is 3.76. The van der Waals surface area contributed by atoms with Gasteiger partial charge in [-0.05, 0) is 12.1 Å². The van der Waals surface area contributed by atoms with Crippen molar-refractivity contribution in [2.24, 2.45) is 0 Å². The lowest BCUT2D eigenvalue weighted by atomic mass is 10.3. The van der Waals surface area contributed by atoms with E-state index in [0.717, 1.165) is 0 Å². The van der Waals surface area contributed by atoms with Gasteiger partial charge in [0.1, 0.15) is 0 Å². The molecule has 76 valence electrons. The molecular weight excluding hydrogens is 205 g/mol. The van der Waals surface area contributed by atoms with Gasteiger partial charge in [-0.1, -0.05) is 6.07 Å². The summed E-state index contributed by atoms with van der Waals surface area (Å²) in [5.74, 6) is -0.830. The minimum Gasteiger partial charge on any atom is -0.494 e. The van der Waals surface area contributed by atoms with E-state index >= 15 is 0 Å². The third kappa shape index (κ3) is 2.38. The fourth-order valence-electron chi connectivity index (χ4n) is 0.955. The highest BCUT2D eigenvalue weighted by Crippen LogP contribution is 2.23. The van der Waals surface area contributed by atoms with E-state index in [-0.39, 0.29) is 23.1 Å². The van der Waals surface area contributed by atoms with Gasteiger partial charge in [0.15, 0.2) is 11.6 Å². The number of anilines is 1. The van der Waals surface area contributed by atoms with Crippen LogP contribution in [0.3, 0.4) is 0 Å². The van der Waals surface area contributed by atoms with Crippen molar-refractivity contribution in [3.8, 4) is 5.75 Å². The van der Waals surface area contributed by atoms with Gasteiger partial charge in [0.05, 0.1) is 18.6 Å². The number of halogens is 1. The average Bonchev–Trinajstić information content (AvgIpc) is 2.21. The van der Waals surface area contributed by atoms with Gasteiger partial charge in [-0.3, -0.25) is 4.79 Å². The molecule has 0 aromatic heterocycles. The van der Waals surface area contributed by atoms with Crippen LogP contribution >= 0.6 is 12.6 Å². The molecule has 0 aliphatic heterocycles. The van der Waals surface area contributed by atoms with Gasteiger partial charge in [0, 0.05) is 0 Å². The van der Waals surface area contributed by atoms with Crippen molar-refractivity contribution >= 4 is 24.2 Å². The largest absolute Gasteiger partial charge is 0.494 e. The molecule has 14 heavy (non-hydrogen) atoms. The first-order valence-corrected chi connectivity index (χ1v) is 4.55. The zero-order valence-corrected chi connectivity index (χ0v) is 8.48. The molecule has 0 bridgehead atoms. The minimum atomic E-state index is -0.579. The van der Waals surface area contributed by atoms with Crippen LogP contribution in [0.25, 0.3) is 0 Å². The molecule has 1 rings (SSSR count). The van der Waals surface area contributed by atoms with Gasteiger partial charge in [-0.25, -0.2) is 4.39 Å². The highest BCUT2D eigenvalue weighted by atomic mass is 32.1. The van der Waals surface area contributed by atoms with E-state index < -0.39 is 5.82 Å². The number of amides is 1. The Kier molecular flexibility index (Phi) is 3.76. The standard InChI is InChI=1S/C9H10FNO2S/c1-13-7-4-2-3-6(9(7)10)11-8(12)5-14/h2-4,14H,5H2,1H3,(H,11,12). The van der Waals surface area contributed by atoms with Gasteiger partial charge >= 0.3 is 0 Å². The number of hydrogen-bond donors (Lipinski definition) is 2. The van der Waals surface area contributed by atoms with Crippen molar-refractivity contribution in [1.29, 1.82) is 0 Å². The summed E-state index contributed by atoms with van der Waals surface area (Å²) < 4.78 is 18.2. The number of hydrogen-bond acceptors (Lipinski definition) is 3. The Balaban J connectivity index is 2.92. The summed E-state index contributed by atoms with van der Waals surface area (Å²) in [6, 6.07) is 4.53. The van der Waals surface area contributed by atoms with Gasteiger partial charge in [-0.15, -0.1) is 0 Å². The smallest absolute Gasteiger partial charge is 0.234 e. The molecule has 1 aromatic rings. The first-order valence-electron chi connectivity index (χ1n) is 3.92. The van der Waals surface area contributed by atoms with Gasteiger partial charge in [-0.2, -0.15) is 12.6 Å². The third-order valence-electron chi connectivity index (χ3n) is 1.60. The number of benzene rings is 1. The maximum atomic E-state index is 13.4. The van der Waals surface area contributed by atoms with Crippen LogP contribution < -0.4 is 10.1 Å². The molecule has 3 nitrogen and oxygen atoms in total. The van der Waals surface area contributed by atoms with E-state index in [1.165, 1.54) is 19.2 Å². The summed E-state index contributed by atoms with van der Waals surface area (Å²) in [5, 5.41) is 2.36. The van der Waals surface area contributed by atoms with Crippen molar-refractivity contribution in [3.63, 3.8) is 0 Å². The predicted octanol–water partition coefficient (Wildman–Crippen LogP) is 1.70. The van der Waals surface area contributed by atoms with Gasteiger partial charge in [0.2, 0.25) is 5.91 Å². The molecule has 0 heterocycles. The van der Waals surface area contributed by atoms with Crippen molar-refractivity contribution in [3.05, 3.63) is 24.0 Å². The highest BCUT2D eigenvalue weighted by Gasteiger charge is 2.09. The normalized spacial score (nSPS) is 9.64. The summed E-state index contributed by atoms with van der Waals surface area (Å²) in [4.78, 5) is 10.9. The second-order valence-electron chi connectivity index (χ2n) is 2.53. The average molecular weight is 215 g/mol. The Hall–Kier alpha value is -1.23. The lowest BCUT2D eigenvalue weighted by Crippen LogP contribution is -2.13. The quantitative estimate of drug-likeness (QED) is 0.753. The lowest BCUT2D eigenvalue weighted by Gasteiger charge is -2.07. The maximum Gasteiger partial charge on any atom is 0.234 e. The van der Waals surface area contributed by atoms with Gasteiger partial charge < -0.3 is 10.1 Å². The van der Waals surface area contributed by atoms with E-state index in [9.17, 15) is 9.18 Å². The molecule has 0 saturated heterocycles. The number of carbonyl (C=O) groups excluding carboxylic acids is 1. The Morgan fingerprint density at radius 3 is 2.93 bits per heavy atom. The zero-order valence-electron chi connectivity index (χ0n) is 7.58. The summed E-state index contributed by atoms with van der Waals surface area (Å²) in [5.41, 5.74) is 0.100. The Morgan fingerprint density at radius 1 is 1.64 bits per heavy atom. The molecule has 0 unspecified atom stereocenters. The molecule has 0 fully saturated rings. The fraction of sp³-hybridized carbons (Fsp3) is 0.222. The van der Waals surface area contributed by atoms with E-state index in [4.69, 9.17) is 4.74 Å². The SMILES string of the molecule is COc1cccc(NC(=O)CS)c1F. The number of methoxy groups -OCH3 is 1. The van der Waals surface area contributed by atoms with Crippen LogP contribution in [0.2, 0.25) is 0 Å². The number of thiol groups is 1. The monoisotopic (exact) mass is 215 g/mol. The molecule has 0 aliphatic carbocycles. The fourth-order valence-corrected chi connectivity index (χ4v) is 1.03. The first-order chi connectivity index (χ1) is 6.69. The number of ether oxygens (including phenoxy) is 1. The molecule has 0 radical (unpaired) electrons. The second-order valence-corrected chi connectivity index (χ2v) is 2.84. The molecule has 1 amide bonds. The van der Waals surface area contributed by atoms with Crippen molar-refractivity contribution < 1.29 is 13.9 Å². The maximum absolute atomic E-state index is 13.4. The first kappa shape index (κ1) is 10.8. The number of rotatable bonds is 3. The van der Waals surface area contributed by atoms with Crippen LogP contribution in [-0.4, -0.2) is 18.8 Å². The van der Waals surface area contributed by atoms with E-state index in [1.54, 1.807) is 6.07 Å². The van der Waals surface area contributed by atoms with E-state index in [0.29, 0.717) is 0 Å². The van der Waals surface area contributed by atoms with Crippen molar-refractivity contribution in [2.75, 3.05) is 18.2 Å². The lowest BCUT2D eigenvalue weighted by molar-refractivity contribution is -0.113. The number of carbonyl (C=O) groups is 1. The molecule has 1 N–H and O–H groups in total. The van der Waals surface area contributed by atoms with E-state index in [1.807, 2.05) is 0 Å². The van der Waals surface area contributed by atoms with E-state index in [2.05, 4.69) is 17.9 Å².